The van der Waals surface area contributed by atoms with Crippen LogP contribution in [0.1, 0.15) is 10.4 Å². The van der Waals surface area contributed by atoms with Gasteiger partial charge in [-0.3, -0.25) is 4.79 Å². The quantitative estimate of drug-likeness (QED) is 0.799. The minimum absolute atomic E-state index is 0.116. The molecule has 1 N–H and O–H groups in total. The summed E-state index contributed by atoms with van der Waals surface area (Å²) >= 11 is 0. The van der Waals surface area contributed by atoms with E-state index >= 15 is 0 Å². The van der Waals surface area contributed by atoms with Crippen molar-refractivity contribution < 1.29 is 14.3 Å². The summed E-state index contributed by atoms with van der Waals surface area (Å²) in [6.45, 7) is 0.116. The SMILES string of the molecule is O=C(Cn1ccnc1)c1ccc(F)c(O)c1. The van der Waals surface area contributed by atoms with E-state index in [0.29, 0.717) is 0 Å². The molecule has 1 heterocycles. The first-order valence-corrected chi connectivity index (χ1v) is 4.64. The lowest BCUT2D eigenvalue weighted by molar-refractivity contribution is 0.0971. The van der Waals surface area contributed by atoms with Crippen molar-refractivity contribution >= 4 is 5.78 Å². The van der Waals surface area contributed by atoms with E-state index < -0.39 is 11.6 Å². The molecule has 0 spiro atoms. The molecule has 82 valence electrons. The Morgan fingerprint density at radius 2 is 2.31 bits per heavy atom. The van der Waals surface area contributed by atoms with Crippen molar-refractivity contribution in [1.82, 2.24) is 9.55 Å². The summed E-state index contributed by atoms with van der Waals surface area (Å²) < 4.78 is 14.4. The molecule has 1 aromatic heterocycles. The van der Waals surface area contributed by atoms with E-state index in [1.165, 1.54) is 12.4 Å². The highest BCUT2D eigenvalue weighted by Gasteiger charge is 2.09. The molecule has 5 heteroatoms. The molecule has 4 nitrogen and oxygen atoms in total. The minimum Gasteiger partial charge on any atom is -0.505 e. The molecule has 2 aromatic rings. The van der Waals surface area contributed by atoms with Crippen molar-refractivity contribution in [2.45, 2.75) is 6.54 Å². The van der Waals surface area contributed by atoms with Crippen LogP contribution in [0.15, 0.2) is 36.9 Å². The third kappa shape index (κ3) is 2.08. The van der Waals surface area contributed by atoms with Crippen LogP contribution < -0.4 is 0 Å². The van der Waals surface area contributed by atoms with Crippen LogP contribution in [0.25, 0.3) is 0 Å². The van der Waals surface area contributed by atoms with Gasteiger partial charge in [0.1, 0.15) is 0 Å². The molecular weight excluding hydrogens is 211 g/mol. The van der Waals surface area contributed by atoms with E-state index in [1.807, 2.05) is 0 Å². The summed E-state index contributed by atoms with van der Waals surface area (Å²) in [6.07, 6.45) is 4.73. The average molecular weight is 220 g/mol. The Bertz CT molecular complexity index is 509. The van der Waals surface area contributed by atoms with Crippen LogP contribution in [-0.2, 0) is 6.54 Å². The highest BCUT2D eigenvalue weighted by atomic mass is 19.1. The molecule has 0 aliphatic rings. The van der Waals surface area contributed by atoms with Gasteiger partial charge in [-0.25, -0.2) is 9.37 Å². The number of aromatic nitrogens is 2. The number of carbonyl (C=O) groups is 1. The van der Waals surface area contributed by atoms with Crippen LogP contribution in [0.4, 0.5) is 4.39 Å². The molecule has 16 heavy (non-hydrogen) atoms. The number of nitrogens with zero attached hydrogens (tertiary/aromatic N) is 2. The van der Waals surface area contributed by atoms with Crippen molar-refractivity contribution in [2.75, 3.05) is 0 Å². The van der Waals surface area contributed by atoms with Gasteiger partial charge in [-0.2, -0.15) is 0 Å². The normalized spacial score (nSPS) is 10.3. The maximum atomic E-state index is 12.8. The van der Waals surface area contributed by atoms with Crippen molar-refractivity contribution in [3.8, 4) is 5.75 Å². The van der Waals surface area contributed by atoms with Gasteiger partial charge in [0, 0.05) is 18.0 Å². The Hall–Kier alpha value is -2.17. The maximum absolute atomic E-state index is 12.8. The van der Waals surface area contributed by atoms with Crippen LogP contribution in [0, 0.1) is 5.82 Å². The van der Waals surface area contributed by atoms with Gasteiger partial charge < -0.3 is 9.67 Å². The van der Waals surface area contributed by atoms with Gasteiger partial charge in [0.15, 0.2) is 17.3 Å². The number of carbonyl (C=O) groups excluding carboxylic acids is 1. The fourth-order valence-corrected chi connectivity index (χ4v) is 1.32. The minimum atomic E-state index is -0.737. The highest BCUT2D eigenvalue weighted by molar-refractivity contribution is 5.96. The molecule has 0 fully saturated rings. The van der Waals surface area contributed by atoms with E-state index in [2.05, 4.69) is 4.98 Å². The second-order valence-electron chi connectivity index (χ2n) is 3.32. The van der Waals surface area contributed by atoms with E-state index in [-0.39, 0.29) is 17.9 Å². The number of hydrogen-bond acceptors (Lipinski definition) is 3. The number of aromatic hydroxyl groups is 1. The molecule has 0 atom stereocenters. The third-order valence-electron chi connectivity index (χ3n) is 2.15. The zero-order valence-corrected chi connectivity index (χ0v) is 8.30. The molecule has 1 aromatic carbocycles. The Kier molecular flexibility index (Phi) is 2.68. The molecule has 0 radical (unpaired) electrons. The monoisotopic (exact) mass is 220 g/mol. The fraction of sp³-hybridized carbons (Fsp3) is 0.0909. The van der Waals surface area contributed by atoms with E-state index in [4.69, 9.17) is 5.11 Å². The number of phenols is 1. The second kappa shape index (κ2) is 4.14. The molecule has 0 unspecified atom stereocenters. The summed E-state index contributed by atoms with van der Waals surface area (Å²) in [4.78, 5) is 15.5. The smallest absolute Gasteiger partial charge is 0.182 e. The van der Waals surface area contributed by atoms with Crippen molar-refractivity contribution in [1.29, 1.82) is 0 Å². The summed E-state index contributed by atoms with van der Waals surface area (Å²) in [5.41, 5.74) is 0.271. The summed E-state index contributed by atoms with van der Waals surface area (Å²) in [6, 6.07) is 3.53. The predicted octanol–water partition coefficient (Wildman–Crippen LogP) is 1.61. The van der Waals surface area contributed by atoms with Gasteiger partial charge in [-0.15, -0.1) is 0 Å². The molecule has 2 rings (SSSR count). The average Bonchev–Trinajstić information content (AvgIpc) is 2.74. The Labute approximate surface area is 91.0 Å². The van der Waals surface area contributed by atoms with Crippen LogP contribution in [0.5, 0.6) is 5.75 Å². The molecule has 0 bridgehead atoms. The number of hydrogen-bond donors (Lipinski definition) is 1. The molecule has 0 saturated heterocycles. The summed E-state index contributed by atoms with van der Waals surface area (Å²) in [5, 5.41) is 9.13. The Morgan fingerprint density at radius 1 is 1.50 bits per heavy atom. The van der Waals surface area contributed by atoms with Crippen molar-refractivity contribution in [3.63, 3.8) is 0 Å². The summed E-state index contributed by atoms with van der Waals surface area (Å²) in [7, 11) is 0. The number of benzene rings is 1. The summed E-state index contributed by atoms with van der Waals surface area (Å²) in [5.74, 6) is -1.47. The highest BCUT2D eigenvalue weighted by Crippen LogP contribution is 2.17. The van der Waals surface area contributed by atoms with E-state index in [0.717, 1.165) is 12.1 Å². The first-order valence-electron chi connectivity index (χ1n) is 4.64. The molecule has 0 aliphatic heterocycles. The van der Waals surface area contributed by atoms with Crippen LogP contribution in [0.3, 0.4) is 0 Å². The van der Waals surface area contributed by atoms with Gasteiger partial charge in [-0.1, -0.05) is 0 Å². The largest absolute Gasteiger partial charge is 0.505 e. The zero-order chi connectivity index (χ0) is 11.5. The number of phenolic OH excluding ortho intramolecular Hbond substituents is 1. The number of Topliss-reactive ketones (excluding diaryl/α,β-unsaturated/α-hetero) is 1. The number of halogens is 1. The van der Waals surface area contributed by atoms with E-state index in [9.17, 15) is 9.18 Å². The Morgan fingerprint density at radius 3 is 2.94 bits per heavy atom. The topological polar surface area (TPSA) is 55.1 Å². The van der Waals surface area contributed by atoms with Crippen LogP contribution in [-0.4, -0.2) is 20.4 Å². The lowest BCUT2D eigenvalue weighted by Gasteiger charge is -2.03. The number of rotatable bonds is 3. The van der Waals surface area contributed by atoms with E-state index in [1.54, 1.807) is 17.0 Å². The Balaban J connectivity index is 2.18. The lowest BCUT2D eigenvalue weighted by atomic mass is 10.1. The van der Waals surface area contributed by atoms with Gasteiger partial charge in [-0.05, 0) is 18.2 Å². The fourth-order valence-electron chi connectivity index (χ4n) is 1.32. The molecule has 0 amide bonds. The number of imidazole rings is 1. The standard InChI is InChI=1S/C11H9FN2O2/c12-9-2-1-8(5-10(9)15)11(16)6-14-4-3-13-7-14/h1-5,7,15H,6H2. The lowest BCUT2D eigenvalue weighted by Crippen LogP contribution is -2.08. The van der Waals surface area contributed by atoms with Gasteiger partial charge >= 0.3 is 0 Å². The van der Waals surface area contributed by atoms with Crippen molar-refractivity contribution in [2.24, 2.45) is 0 Å². The predicted molar refractivity (Wildman–Crippen MR) is 54.6 cm³/mol. The maximum Gasteiger partial charge on any atom is 0.182 e. The molecular formula is C11H9FN2O2. The first kappa shape index (κ1) is 10.4. The zero-order valence-electron chi connectivity index (χ0n) is 8.30. The van der Waals surface area contributed by atoms with Gasteiger partial charge in [0.25, 0.3) is 0 Å². The number of ketones is 1. The first-order chi connectivity index (χ1) is 7.66. The van der Waals surface area contributed by atoms with Crippen LogP contribution >= 0.6 is 0 Å². The van der Waals surface area contributed by atoms with Crippen LogP contribution in [0.2, 0.25) is 0 Å². The second-order valence-corrected chi connectivity index (χ2v) is 3.32. The van der Waals surface area contributed by atoms with Crippen molar-refractivity contribution in [3.05, 3.63) is 48.3 Å². The van der Waals surface area contributed by atoms with Gasteiger partial charge in [0.2, 0.25) is 0 Å². The molecule has 0 aliphatic carbocycles. The third-order valence-corrected chi connectivity index (χ3v) is 2.15. The van der Waals surface area contributed by atoms with Gasteiger partial charge in [0.05, 0.1) is 12.9 Å². The molecule has 0 saturated carbocycles.